The third-order valence-electron chi connectivity index (χ3n) is 3.42. The Morgan fingerprint density at radius 2 is 2.09 bits per heavy atom. The second-order valence-corrected chi connectivity index (χ2v) is 5.41. The summed E-state index contributed by atoms with van der Waals surface area (Å²) in [5, 5.41) is 19.8. The van der Waals surface area contributed by atoms with E-state index in [1.807, 2.05) is 24.3 Å². The number of benzene rings is 1. The predicted molar refractivity (Wildman–Crippen MR) is 83.3 cm³/mol. The number of halogens is 1. The van der Waals surface area contributed by atoms with E-state index in [0.717, 1.165) is 5.56 Å². The SMILES string of the molecule is Cc1ncc([N+](=O)[O-])n1Cc1cn(Cc2ccccc2Cl)nn1. The second-order valence-electron chi connectivity index (χ2n) is 5.01. The molecule has 2 aromatic heterocycles. The predicted octanol–water partition coefficient (Wildman–Crippen LogP) is 2.44. The number of aromatic nitrogens is 5. The molecule has 3 aromatic rings. The molecule has 0 bridgehead atoms. The van der Waals surface area contributed by atoms with Gasteiger partial charge in [-0.15, -0.1) is 5.10 Å². The number of nitro groups is 1. The van der Waals surface area contributed by atoms with Crippen LogP contribution >= 0.6 is 11.6 Å². The van der Waals surface area contributed by atoms with E-state index < -0.39 is 4.92 Å². The highest BCUT2D eigenvalue weighted by Gasteiger charge is 2.19. The van der Waals surface area contributed by atoms with Gasteiger partial charge < -0.3 is 10.1 Å². The molecule has 0 fully saturated rings. The fourth-order valence-electron chi connectivity index (χ4n) is 2.25. The lowest BCUT2D eigenvalue weighted by molar-refractivity contribution is -0.392. The molecule has 0 saturated heterocycles. The standard InChI is InChI=1S/C14H13ClN6O2/c1-10-16-6-14(21(22)23)20(10)9-12-8-19(18-17-12)7-11-4-2-3-5-13(11)15/h2-6,8H,7,9H2,1H3. The smallest absolute Gasteiger partial charge is 0.343 e. The summed E-state index contributed by atoms with van der Waals surface area (Å²) in [7, 11) is 0. The summed E-state index contributed by atoms with van der Waals surface area (Å²) < 4.78 is 3.14. The maximum Gasteiger partial charge on any atom is 0.343 e. The second kappa shape index (κ2) is 6.17. The van der Waals surface area contributed by atoms with Crippen LogP contribution < -0.4 is 0 Å². The number of rotatable bonds is 5. The quantitative estimate of drug-likeness (QED) is 0.528. The fourth-order valence-corrected chi connectivity index (χ4v) is 2.44. The van der Waals surface area contributed by atoms with Crippen molar-refractivity contribution in [2.24, 2.45) is 0 Å². The van der Waals surface area contributed by atoms with Crippen LogP contribution in [0.5, 0.6) is 0 Å². The van der Waals surface area contributed by atoms with Gasteiger partial charge >= 0.3 is 5.82 Å². The van der Waals surface area contributed by atoms with E-state index in [4.69, 9.17) is 11.6 Å². The van der Waals surface area contributed by atoms with Crippen molar-refractivity contribution in [3.63, 3.8) is 0 Å². The lowest BCUT2D eigenvalue weighted by atomic mass is 10.2. The molecule has 0 spiro atoms. The molecule has 0 atom stereocenters. The maximum absolute atomic E-state index is 11.0. The molecule has 0 aliphatic heterocycles. The van der Waals surface area contributed by atoms with E-state index in [-0.39, 0.29) is 12.4 Å². The molecule has 0 unspecified atom stereocenters. The first-order valence-electron chi connectivity index (χ1n) is 6.83. The Kier molecular flexibility index (Phi) is 4.07. The monoisotopic (exact) mass is 332 g/mol. The fraction of sp³-hybridized carbons (Fsp3) is 0.214. The Balaban J connectivity index is 1.79. The molecule has 9 heteroatoms. The zero-order valence-corrected chi connectivity index (χ0v) is 13.0. The molecule has 0 N–H and O–H groups in total. The van der Waals surface area contributed by atoms with Crippen LogP contribution in [0, 0.1) is 17.0 Å². The molecule has 0 aliphatic rings. The summed E-state index contributed by atoms with van der Waals surface area (Å²) >= 11 is 6.12. The van der Waals surface area contributed by atoms with Crippen molar-refractivity contribution in [2.75, 3.05) is 0 Å². The van der Waals surface area contributed by atoms with Crippen molar-refractivity contribution < 1.29 is 4.92 Å². The van der Waals surface area contributed by atoms with Crippen LogP contribution in [0.25, 0.3) is 0 Å². The molecule has 3 rings (SSSR count). The number of imidazole rings is 1. The van der Waals surface area contributed by atoms with Crippen LogP contribution in [0.4, 0.5) is 5.82 Å². The average Bonchev–Trinajstić information content (AvgIpc) is 3.10. The minimum Gasteiger partial charge on any atom is -0.358 e. The lowest BCUT2D eigenvalue weighted by Gasteiger charge is -2.02. The van der Waals surface area contributed by atoms with Crippen LogP contribution in [0.1, 0.15) is 17.1 Å². The first-order chi connectivity index (χ1) is 11.0. The van der Waals surface area contributed by atoms with Gasteiger partial charge in [0.1, 0.15) is 18.4 Å². The molecule has 0 saturated carbocycles. The third kappa shape index (κ3) is 3.21. The maximum atomic E-state index is 11.0. The summed E-state index contributed by atoms with van der Waals surface area (Å²) in [6, 6.07) is 7.48. The van der Waals surface area contributed by atoms with E-state index >= 15 is 0 Å². The van der Waals surface area contributed by atoms with Crippen molar-refractivity contribution >= 4 is 17.4 Å². The molecule has 1 aromatic carbocycles. The van der Waals surface area contributed by atoms with Crippen LogP contribution in [-0.2, 0) is 13.1 Å². The number of hydrogen-bond acceptors (Lipinski definition) is 5. The topological polar surface area (TPSA) is 91.7 Å². The third-order valence-corrected chi connectivity index (χ3v) is 3.79. The van der Waals surface area contributed by atoms with Crippen LogP contribution in [0.2, 0.25) is 5.02 Å². The zero-order chi connectivity index (χ0) is 16.4. The van der Waals surface area contributed by atoms with Gasteiger partial charge in [0.25, 0.3) is 0 Å². The van der Waals surface area contributed by atoms with Gasteiger partial charge in [-0.3, -0.25) is 0 Å². The summed E-state index contributed by atoms with van der Waals surface area (Å²) in [6.07, 6.45) is 2.98. The van der Waals surface area contributed by atoms with Crippen molar-refractivity contribution in [3.8, 4) is 0 Å². The molecule has 23 heavy (non-hydrogen) atoms. The van der Waals surface area contributed by atoms with Crippen LogP contribution in [-0.4, -0.2) is 29.5 Å². The normalized spacial score (nSPS) is 10.9. The van der Waals surface area contributed by atoms with Gasteiger partial charge in [-0.1, -0.05) is 35.0 Å². The van der Waals surface area contributed by atoms with Crippen molar-refractivity contribution in [2.45, 2.75) is 20.0 Å². The zero-order valence-electron chi connectivity index (χ0n) is 12.3. The van der Waals surface area contributed by atoms with Crippen molar-refractivity contribution in [1.29, 1.82) is 0 Å². The summed E-state index contributed by atoms with van der Waals surface area (Å²) in [5.74, 6) is 0.487. The lowest BCUT2D eigenvalue weighted by Crippen LogP contribution is -2.06. The van der Waals surface area contributed by atoms with Gasteiger partial charge in [0, 0.05) is 11.9 Å². The van der Waals surface area contributed by atoms with E-state index in [1.165, 1.54) is 10.8 Å². The Labute approximate surface area is 136 Å². The Hall–Kier alpha value is -2.74. The van der Waals surface area contributed by atoms with Crippen molar-refractivity contribution in [1.82, 2.24) is 24.5 Å². The highest BCUT2D eigenvalue weighted by molar-refractivity contribution is 6.31. The minimum atomic E-state index is -0.464. The molecular weight excluding hydrogens is 320 g/mol. The minimum absolute atomic E-state index is 0.0665. The van der Waals surface area contributed by atoms with E-state index in [9.17, 15) is 10.1 Å². The molecule has 8 nitrogen and oxygen atoms in total. The van der Waals surface area contributed by atoms with Gasteiger partial charge in [-0.2, -0.15) is 0 Å². The molecule has 2 heterocycles. The van der Waals surface area contributed by atoms with Crippen LogP contribution in [0.15, 0.2) is 36.7 Å². The largest absolute Gasteiger partial charge is 0.358 e. The number of aryl methyl sites for hydroxylation is 1. The van der Waals surface area contributed by atoms with Gasteiger partial charge in [0.2, 0.25) is 0 Å². The molecule has 0 radical (unpaired) electrons. The first-order valence-corrected chi connectivity index (χ1v) is 7.21. The molecule has 0 amide bonds. The Bertz CT molecular complexity index is 857. The highest BCUT2D eigenvalue weighted by atomic mass is 35.5. The average molecular weight is 333 g/mol. The van der Waals surface area contributed by atoms with Gasteiger partial charge in [0.05, 0.1) is 12.7 Å². The summed E-state index contributed by atoms with van der Waals surface area (Å²) in [5.41, 5.74) is 1.54. The summed E-state index contributed by atoms with van der Waals surface area (Å²) in [4.78, 5) is 14.5. The van der Waals surface area contributed by atoms with Gasteiger partial charge in [-0.25, -0.2) is 14.2 Å². The van der Waals surface area contributed by atoms with E-state index in [1.54, 1.807) is 17.8 Å². The Morgan fingerprint density at radius 1 is 1.30 bits per heavy atom. The molecule has 118 valence electrons. The van der Waals surface area contributed by atoms with Crippen molar-refractivity contribution in [3.05, 3.63) is 68.9 Å². The van der Waals surface area contributed by atoms with E-state index in [0.29, 0.717) is 23.1 Å². The van der Waals surface area contributed by atoms with Gasteiger partial charge in [0.15, 0.2) is 5.82 Å². The highest BCUT2D eigenvalue weighted by Crippen LogP contribution is 2.17. The number of hydrogen-bond donors (Lipinski definition) is 0. The van der Waals surface area contributed by atoms with E-state index in [2.05, 4.69) is 15.3 Å². The first kappa shape index (κ1) is 15.2. The summed E-state index contributed by atoms with van der Waals surface area (Å²) in [6.45, 7) is 2.43. The number of nitrogens with zero attached hydrogens (tertiary/aromatic N) is 6. The Morgan fingerprint density at radius 3 is 2.83 bits per heavy atom. The molecular formula is C14H13ClN6O2. The van der Waals surface area contributed by atoms with Crippen LogP contribution in [0.3, 0.4) is 0 Å². The molecule has 0 aliphatic carbocycles. The van der Waals surface area contributed by atoms with Gasteiger partial charge in [-0.05, 0) is 16.6 Å².